The summed E-state index contributed by atoms with van der Waals surface area (Å²) in [6, 6.07) is 15.5. The number of hydrogen-bond acceptors (Lipinski definition) is 6. The van der Waals surface area contributed by atoms with E-state index in [0.29, 0.717) is 12.1 Å². The molecular formula is C26H10F6N4O2. The number of nitriles is 4. The van der Waals surface area contributed by atoms with Crippen molar-refractivity contribution in [3.8, 4) is 47.3 Å². The van der Waals surface area contributed by atoms with E-state index in [9.17, 15) is 47.4 Å². The van der Waals surface area contributed by atoms with Crippen LogP contribution in [0.5, 0.6) is 23.0 Å². The van der Waals surface area contributed by atoms with Gasteiger partial charge in [0.25, 0.3) is 0 Å². The Kier molecular flexibility index (Phi) is 7.61. The first-order valence-electron chi connectivity index (χ1n) is 10.1. The lowest BCUT2D eigenvalue weighted by Gasteiger charge is -2.14. The van der Waals surface area contributed by atoms with Crippen molar-refractivity contribution in [2.45, 2.75) is 12.4 Å². The summed E-state index contributed by atoms with van der Waals surface area (Å²) < 4.78 is 89.9. The van der Waals surface area contributed by atoms with Crippen molar-refractivity contribution in [1.82, 2.24) is 0 Å². The number of nitrogens with zero attached hydrogens (tertiary/aromatic N) is 4. The van der Waals surface area contributed by atoms with Crippen LogP contribution in [-0.4, -0.2) is 0 Å². The summed E-state index contributed by atoms with van der Waals surface area (Å²) in [4.78, 5) is 0. The maximum Gasteiger partial charge on any atom is 0.416 e. The summed E-state index contributed by atoms with van der Waals surface area (Å²) >= 11 is 0. The quantitative estimate of drug-likeness (QED) is 0.405. The van der Waals surface area contributed by atoms with Gasteiger partial charge < -0.3 is 9.47 Å². The highest BCUT2D eigenvalue weighted by Gasteiger charge is 2.31. The van der Waals surface area contributed by atoms with Crippen molar-refractivity contribution in [3.05, 3.63) is 82.2 Å². The fraction of sp³-hybridized carbons (Fsp3) is 0.0769. The minimum Gasteiger partial charge on any atom is -0.457 e. The number of alkyl halides is 6. The molecule has 0 aliphatic heterocycles. The molecule has 0 aromatic heterocycles. The maximum atomic E-state index is 13.1. The molecule has 12 heteroatoms. The molecule has 0 saturated heterocycles. The standard InChI is InChI=1S/C26H10F6N4O2/c27-25(28,29)17-3-1-5-19(7-17)37-23-9-22(16(13-35)14-36)24(10-21(23)15(11-33)12-34)38-20-6-2-4-18(8-20)26(30,31)32/h1-10H. The van der Waals surface area contributed by atoms with Crippen molar-refractivity contribution in [1.29, 1.82) is 21.0 Å². The van der Waals surface area contributed by atoms with Gasteiger partial charge in [-0.1, -0.05) is 12.1 Å². The summed E-state index contributed by atoms with van der Waals surface area (Å²) in [5.74, 6) is -1.50. The molecule has 0 heterocycles. The van der Waals surface area contributed by atoms with Gasteiger partial charge in [0.05, 0.1) is 11.1 Å². The Morgan fingerprint density at radius 1 is 0.553 bits per heavy atom. The second-order valence-electron chi connectivity index (χ2n) is 7.30. The predicted molar refractivity (Wildman–Crippen MR) is 118 cm³/mol. The molecular weight excluding hydrogens is 514 g/mol. The van der Waals surface area contributed by atoms with E-state index < -0.39 is 46.1 Å². The van der Waals surface area contributed by atoms with E-state index in [2.05, 4.69) is 0 Å². The third-order valence-corrected chi connectivity index (χ3v) is 4.85. The van der Waals surface area contributed by atoms with Gasteiger partial charge in [-0.3, -0.25) is 0 Å². The molecule has 0 aliphatic carbocycles. The fourth-order valence-corrected chi connectivity index (χ4v) is 3.14. The van der Waals surface area contributed by atoms with Gasteiger partial charge in [-0.25, -0.2) is 0 Å². The summed E-state index contributed by atoms with van der Waals surface area (Å²) in [5, 5.41) is 37.0. The molecule has 0 amide bonds. The lowest BCUT2D eigenvalue weighted by atomic mass is 10.1. The van der Waals surface area contributed by atoms with E-state index >= 15 is 0 Å². The van der Waals surface area contributed by atoms with Crippen LogP contribution < -0.4 is 19.9 Å². The zero-order chi connectivity index (χ0) is 28.1. The molecule has 188 valence electrons. The Hall–Kier alpha value is -5.46. The maximum absolute atomic E-state index is 13.1. The molecule has 0 fully saturated rings. The molecule has 0 atom stereocenters. The van der Waals surface area contributed by atoms with Gasteiger partial charge in [-0.2, -0.15) is 47.4 Å². The summed E-state index contributed by atoms with van der Waals surface area (Å²) in [6.45, 7) is 0. The summed E-state index contributed by atoms with van der Waals surface area (Å²) in [7, 11) is 0. The monoisotopic (exact) mass is 524 g/mol. The van der Waals surface area contributed by atoms with Crippen LogP contribution in [0.1, 0.15) is 11.1 Å². The molecule has 0 unspecified atom stereocenters. The van der Waals surface area contributed by atoms with Crippen LogP contribution in [0.4, 0.5) is 26.3 Å². The Morgan fingerprint density at radius 2 is 0.895 bits per heavy atom. The van der Waals surface area contributed by atoms with E-state index in [1.54, 1.807) is 24.3 Å². The van der Waals surface area contributed by atoms with Crippen molar-refractivity contribution in [2.24, 2.45) is 0 Å². The van der Waals surface area contributed by atoms with Crippen LogP contribution in [0.2, 0.25) is 0 Å². The molecule has 0 N–H and O–H groups in total. The van der Waals surface area contributed by atoms with E-state index in [-0.39, 0.29) is 21.9 Å². The topological polar surface area (TPSA) is 114 Å². The van der Waals surface area contributed by atoms with Crippen molar-refractivity contribution in [2.75, 3.05) is 0 Å². The van der Waals surface area contributed by atoms with Gasteiger partial charge in [0.15, 0.2) is 0 Å². The van der Waals surface area contributed by atoms with Crippen LogP contribution in [0.15, 0.2) is 60.7 Å². The molecule has 0 saturated carbocycles. The van der Waals surface area contributed by atoms with Crippen LogP contribution in [0, 0.1) is 45.3 Å². The SMILES string of the molecule is N#CC(C#N)=c1cc(Oc2cccc(C(F)(F)F)c2)c(=C(C#N)C#N)cc1Oc1cccc(C(F)(F)F)c1. The van der Waals surface area contributed by atoms with Crippen LogP contribution in [0.25, 0.3) is 11.1 Å². The summed E-state index contributed by atoms with van der Waals surface area (Å²) in [6.07, 6.45) is -9.43. The third-order valence-electron chi connectivity index (χ3n) is 4.85. The molecule has 3 rings (SSSR count). The predicted octanol–water partition coefficient (Wildman–Crippen LogP) is 5.70. The lowest BCUT2D eigenvalue weighted by Crippen LogP contribution is -2.18. The molecule has 38 heavy (non-hydrogen) atoms. The number of ether oxygens (including phenoxy) is 2. The number of rotatable bonds is 4. The first-order chi connectivity index (χ1) is 17.9. The first kappa shape index (κ1) is 27.1. The number of benzene rings is 3. The van der Waals surface area contributed by atoms with E-state index in [0.717, 1.165) is 48.5 Å². The Labute approximate surface area is 210 Å². The second kappa shape index (κ2) is 10.7. The van der Waals surface area contributed by atoms with Crippen LogP contribution in [0.3, 0.4) is 0 Å². The van der Waals surface area contributed by atoms with Gasteiger partial charge >= 0.3 is 12.4 Å². The van der Waals surface area contributed by atoms with E-state index in [1.807, 2.05) is 0 Å². The Morgan fingerprint density at radius 3 is 1.18 bits per heavy atom. The Balaban J connectivity index is 2.31. The number of hydrogen-bond donors (Lipinski definition) is 0. The fourth-order valence-electron chi connectivity index (χ4n) is 3.14. The lowest BCUT2D eigenvalue weighted by molar-refractivity contribution is -0.138. The van der Waals surface area contributed by atoms with Gasteiger partial charge in [-0.05, 0) is 48.5 Å². The highest BCUT2D eigenvalue weighted by atomic mass is 19.4. The zero-order valence-corrected chi connectivity index (χ0v) is 18.6. The van der Waals surface area contributed by atoms with Crippen molar-refractivity contribution in [3.63, 3.8) is 0 Å². The van der Waals surface area contributed by atoms with Crippen LogP contribution >= 0.6 is 0 Å². The Bertz CT molecular complexity index is 1540. The molecule has 3 aromatic carbocycles. The molecule has 0 spiro atoms. The van der Waals surface area contributed by atoms with E-state index in [1.165, 1.54) is 0 Å². The highest BCUT2D eigenvalue weighted by Crippen LogP contribution is 2.34. The third kappa shape index (κ3) is 6.02. The van der Waals surface area contributed by atoms with Crippen molar-refractivity contribution >= 4 is 11.1 Å². The second-order valence-corrected chi connectivity index (χ2v) is 7.30. The smallest absolute Gasteiger partial charge is 0.416 e. The molecule has 6 nitrogen and oxygen atoms in total. The normalized spacial score (nSPS) is 10.8. The zero-order valence-electron chi connectivity index (χ0n) is 18.6. The van der Waals surface area contributed by atoms with Crippen molar-refractivity contribution < 1.29 is 35.8 Å². The van der Waals surface area contributed by atoms with Gasteiger partial charge in [0, 0.05) is 10.4 Å². The highest BCUT2D eigenvalue weighted by molar-refractivity contribution is 5.77. The number of halogens is 6. The molecule has 0 aliphatic rings. The molecule has 0 bridgehead atoms. The van der Waals surface area contributed by atoms with Crippen LogP contribution in [-0.2, 0) is 12.4 Å². The average Bonchev–Trinajstić information content (AvgIpc) is 2.87. The van der Waals surface area contributed by atoms with Gasteiger partial charge in [-0.15, -0.1) is 0 Å². The van der Waals surface area contributed by atoms with Gasteiger partial charge in [0.1, 0.15) is 58.4 Å². The first-order valence-corrected chi connectivity index (χ1v) is 10.1. The molecule has 3 aromatic rings. The average molecular weight is 524 g/mol. The largest absolute Gasteiger partial charge is 0.457 e. The molecule has 0 radical (unpaired) electrons. The minimum absolute atomic E-state index is 0.312. The minimum atomic E-state index is -4.71. The summed E-state index contributed by atoms with van der Waals surface area (Å²) in [5.41, 5.74) is -3.31. The van der Waals surface area contributed by atoms with Gasteiger partial charge in [0.2, 0.25) is 0 Å². The van der Waals surface area contributed by atoms with E-state index in [4.69, 9.17) is 9.47 Å².